The Hall–Kier alpha value is -2.03. The number of methoxy groups -OCH3 is 1. The molecular formula is C16H21F2N3O4. The number of hydrogen-bond acceptors (Lipinski definition) is 5. The minimum atomic E-state index is -3.13. The van der Waals surface area contributed by atoms with Crippen LogP contribution < -0.4 is 0 Å². The molecular weight excluding hydrogens is 336 g/mol. The molecule has 1 aromatic heterocycles. The van der Waals surface area contributed by atoms with Gasteiger partial charge in [0, 0.05) is 39.2 Å². The molecule has 0 unspecified atom stereocenters. The van der Waals surface area contributed by atoms with Crippen LogP contribution in [0, 0.1) is 12.3 Å². The van der Waals surface area contributed by atoms with E-state index in [2.05, 4.69) is 5.16 Å². The molecule has 2 saturated heterocycles. The van der Waals surface area contributed by atoms with Crippen molar-refractivity contribution in [1.82, 2.24) is 15.0 Å². The molecule has 0 N–H and O–H groups in total. The van der Waals surface area contributed by atoms with Crippen molar-refractivity contribution < 1.29 is 27.6 Å². The molecule has 25 heavy (non-hydrogen) atoms. The number of carbonyl (C=O) groups is 2. The highest BCUT2D eigenvalue weighted by Crippen LogP contribution is 2.45. The van der Waals surface area contributed by atoms with Crippen molar-refractivity contribution in [2.24, 2.45) is 5.41 Å². The lowest BCUT2D eigenvalue weighted by Gasteiger charge is -2.42. The van der Waals surface area contributed by atoms with Gasteiger partial charge in [-0.05, 0) is 13.3 Å². The van der Waals surface area contributed by atoms with Crippen LogP contribution >= 0.6 is 0 Å². The SMILES string of the molecule is COCCN1CC[C@]2(CN(C(=O)c3cc(C)no3)CC(F)(F)C2)C1=O. The van der Waals surface area contributed by atoms with E-state index >= 15 is 0 Å². The summed E-state index contributed by atoms with van der Waals surface area (Å²) in [4.78, 5) is 27.8. The van der Waals surface area contributed by atoms with Gasteiger partial charge in [-0.1, -0.05) is 5.16 Å². The molecule has 138 valence electrons. The van der Waals surface area contributed by atoms with Crippen molar-refractivity contribution in [3.05, 3.63) is 17.5 Å². The number of nitrogens with zero attached hydrogens (tertiary/aromatic N) is 3. The average molecular weight is 357 g/mol. The maximum atomic E-state index is 14.3. The van der Waals surface area contributed by atoms with Gasteiger partial charge < -0.3 is 19.1 Å². The highest BCUT2D eigenvalue weighted by atomic mass is 19.3. The van der Waals surface area contributed by atoms with Gasteiger partial charge in [0.25, 0.3) is 11.8 Å². The van der Waals surface area contributed by atoms with E-state index in [1.807, 2.05) is 0 Å². The normalized spacial score (nSPS) is 25.8. The van der Waals surface area contributed by atoms with E-state index in [0.29, 0.717) is 31.8 Å². The van der Waals surface area contributed by atoms with Crippen molar-refractivity contribution in [3.63, 3.8) is 0 Å². The summed E-state index contributed by atoms with van der Waals surface area (Å²) < 4.78 is 38.6. The van der Waals surface area contributed by atoms with Gasteiger partial charge in [-0.25, -0.2) is 8.78 Å². The Labute approximate surface area is 143 Å². The summed E-state index contributed by atoms with van der Waals surface area (Å²) in [5.74, 6) is -4.22. The fraction of sp³-hybridized carbons (Fsp3) is 0.688. The predicted octanol–water partition coefficient (Wildman–Crippen LogP) is 1.33. The van der Waals surface area contributed by atoms with E-state index in [-0.39, 0.29) is 18.2 Å². The monoisotopic (exact) mass is 357 g/mol. The summed E-state index contributed by atoms with van der Waals surface area (Å²) in [5.41, 5.74) is -0.759. The lowest BCUT2D eigenvalue weighted by atomic mass is 9.77. The van der Waals surface area contributed by atoms with E-state index < -0.39 is 30.2 Å². The molecule has 1 aromatic rings. The number of aryl methyl sites for hydroxylation is 1. The molecule has 2 aliphatic rings. The van der Waals surface area contributed by atoms with Gasteiger partial charge in [-0.2, -0.15) is 0 Å². The summed E-state index contributed by atoms with van der Waals surface area (Å²) in [6.45, 7) is 1.97. The molecule has 0 aromatic carbocycles. The standard InChI is InChI=1S/C16H21F2N3O4/c1-11-7-12(25-19-11)13(22)21-9-15(8-16(17,18)10-21)3-4-20(14(15)23)5-6-24-2/h7H,3-6,8-10H2,1-2H3/t15-/m0/s1. The van der Waals surface area contributed by atoms with Crippen LogP contribution in [0.25, 0.3) is 0 Å². The third-order valence-electron chi connectivity index (χ3n) is 4.81. The first-order valence-corrected chi connectivity index (χ1v) is 8.15. The molecule has 2 amide bonds. The van der Waals surface area contributed by atoms with Crippen molar-refractivity contribution in [2.75, 3.05) is 39.9 Å². The quantitative estimate of drug-likeness (QED) is 0.813. The highest BCUT2D eigenvalue weighted by Gasteiger charge is 2.57. The summed E-state index contributed by atoms with van der Waals surface area (Å²) >= 11 is 0. The Bertz CT molecular complexity index is 678. The van der Waals surface area contributed by atoms with Gasteiger partial charge in [0.2, 0.25) is 11.7 Å². The number of rotatable bonds is 4. The number of hydrogen-bond donors (Lipinski definition) is 0. The number of halogens is 2. The molecule has 1 spiro atoms. The first-order valence-electron chi connectivity index (χ1n) is 8.15. The first kappa shape index (κ1) is 17.8. The van der Waals surface area contributed by atoms with Crippen LogP contribution in [0.5, 0.6) is 0 Å². The lowest BCUT2D eigenvalue weighted by Crippen LogP contribution is -2.57. The zero-order valence-electron chi connectivity index (χ0n) is 14.3. The first-order chi connectivity index (χ1) is 11.8. The van der Waals surface area contributed by atoms with Crippen LogP contribution in [0.15, 0.2) is 10.6 Å². The van der Waals surface area contributed by atoms with Crippen LogP contribution in [-0.4, -0.2) is 72.6 Å². The van der Waals surface area contributed by atoms with E-state index in [0.717, 1.165) is 4.90 Å². The van der Waals surface area contributed by atoms with Gasteiger partial charge >= 0.3 is 0 Å². The fourth-order valence-corrected chi connectivity index (χ4v) is 3.69. The number of likely N-dealkylation sites (tertiary alicyclic amines) is 2. The number of carbonyl (C=O) groups excluding carboxylic acids is 2. The molecule has 2 aliphatic heterocycles. The van der Waals surface area contributed by atoms with Crippen LogP contribution in [0.1, 0.15) is 29.1 Å². The Morgan fingerprint density at radius 1 is 1.44 bits per heavy atom. The fourth-order valence-electron chi connectivity index (χ4n) is 3.69. The number of piperidine rings is 1. The molecule has 2 fully saturated rings. The zero-order valence-corrected chi connectivity index (χ0v) is 14.3. The molecule has 9 heteroatoms. The van der Waals surface area contributed by atoms with Crippen molar-refractivity contribution in [3.8, 4) is 0 Å². The zero-order chi connectivity index (χ0) is 18.2. The van der Waals surface area contributed by atoms with Gasteiger partial charge in [0.1, 0.15) is 0 Å². The van der Waals surface area contributed by atoms with Crippen LogP contribution in [0.4, 0.5) is 8.78 Å². The molecule has 3 heterocycles. The summed E-state index contributed by atoms with van der Waals surface area (Å²) in [6, 6.07) is 1.41. The average Bonchev–Trinajstić information content (AvgIpc) is 3.09. The number of aromatic nitrogens is 1. The Balaban J connectivity index is 1.82. The summed E-state index contributed by atoms with van der Waals surface area (Å²) in [5, 5.41) is 3.62. The van der Waals surface area contributed by atoms with Gasteiger partial charge in [-0.3, -0.25) is 9.59 Å². The van der Waals surface area contributed by atoms with Gasteiger partial charge in [-0.15, -0.1) is 0 Å². The highest BCUT2D eigenvalue weighted by molar-refractivity contribution is 5.93. The van der Waals surface area contributed by atoms with Crippen molar-refractivity contribution in [1.29, 1.82) is 0 Å². The number of ether oxygens (including phenoxy) is 1. The minimum absolute atomic E-state index is 0.0382. The molecule has 7 nitrogen and oxygen atoms in total. The third kappa shape index (κ3) is 3.37. The molecule has 1 atom stereocenters. The second-order valence-corrected chi connectivity index (χ2v) is 6.84. The second-order valence-electron chi connectivity index (χ2n) is 6.84. The second kappa shape index (κ2) is 6.36. The van der Waals surface area contributed by atoms with Crippen molar-refractivity contribution >= 4 is 11.8 Å². The third-order valence-corrected chi connectivity index (χ3v) is 4.81. The Morgan fingerprint density at radius 3 is 2.84 bits per heavy atom. The van der Waals surface area contributed by atoms with Crippen LogP contribution in [0.2, 0.25) is 0 Å². The lowest BCUT2D eigenvalue weighted by molar-refractivity contribution is -0.151. The molecule has 0 radical (unpaired) electrons. The van der Waals surface area contributed by atoms with E-state index in [4.69, 9.17) is 9.26 Å². The van der Waals surface area contributed by atoms with E-state index in [1.165, 1.54) is 18.1 Å². The maximum absolute atomic E-state index is 14.3. The van der Waals surface area contributed by atoms with Crippen molar-refractivity contribution in [2.45, 2.75) is 25.7 Å². The van der Waals surface area contributed by atoms with Crippen LogP contribution in [0.3, 0.4) is 0 Å². The number of amides is 2. The van der Waals surface area contributed by atoms with E-state index in [9.17, 15) is 18.4 Å². The molecule has 0 saturated carbocycles. The molecule has 0 aliphatic carbocycles. The predicted molar refractivity (Wildman–Crippen MR) is 82.2 cm³/mol. The largest absolute Gasteiger partial charge is 0.383 e. The minimum Gasteiger partial charge on any atom is -0.383 e. The maximum Gasteiger partial charge on any atom is 0.292 e. The van der Waals surface area contributed by atoms with E-state index in [1.54, 1.807) is 6.92 Å². The molecule has 0 bridgehead atoms. The number of alkyl halides is 2. The Morgan fingerprint density at radius 2 is 2.20 bits per heavy atom. The Kier molecular flexibility index (Phi) is 4.52. The smallest absolute Gasteiger partial charge is 0.292 e. The molecule has 3 rings (SSSR count). The van der Waals surface area contributed by atoms with Crippen LogP contribution in [-0.2, 0) is 9.53 Å². The topological polar surface area (TPSA) is 75.9 Å². The summed E-state index contributed by atoms with van der Waals surface area (Å²) in [6.07, 6.45) is -0.244. The van der Waals surface area contributed by atoms with Gasteiger partial charge in [0.15, 0.2) is 0 Å². The summed E-state index contributed by atoms with van der Waals surface area (Å²) in [7, 11) is 1.52. The van der Waals surface area contributed by atoms with Gasteiger partial charge in [0.05, 0.1) is 24.3 Å².